The van der Waals surface area contributed by atoms with Gasteiger partial charge in [0.2, 0.25) is 0 Å². The van der Waals surface area contributed by atoms with Gasteiger partial charge < -0.3 is 5.32 Å². The Bertz CT molecular complexity index is 56.9. The number of rotatable bonds is 0. The van der Waals surface area contributed by atoms with Gasteiger partial charge in [-0.3, -0.25) is 0 Å². The minimum atomic E-state index is 0.381. The minimum absolute atomic E-state index is 0.381. The van der Waals surface area contributed by atoms with Gasteiger partial charge in [0.15, 0.2) is 0 Å². The highest BCUT2D eigenvalue weighted by Crippen LogP contribution is 2.11. The summed E-state index contributed by atoms with van der Waals surface area (Å²) in [6.45, 7) is 3.19. The van der Waals surface area contributed by atoms with Crippen molar-refractivity contribution in [2.24, 2.45) is 0 Å². The van der Waals surface area contributed by atoms with E-state index in [2.05, 4.69) is 12.2 Å². The summed E-state index contributed by atoms with van der Waals surface area (Å²) in [5.41, 5.74) is 0. The molecule has 0 amide bonds. The van der Waals surface area contributed by atoms with Crippen LogP contribution in [0.5, 0.6) is 0 Å². The highest BCUT2D eigenvalue weighted by molar-refractivity contribution is 6.20. The van der Waals surface area contributed by atoms with E-state index in [0.29, 0.717) is 11.4 Å². The third kappa shape index (κ3) is 1.64. The summed E-state index contributed by atoms with van der Waals surface area (Å²) in [7, 11) is 0. The Morgan fingerprint density at radius 2 is 2.25 bits per heavy atom. The van der Waals surface area contributed by atoms with Gasteiger partial charge in [-0.25, -0.2) is 0 Å². The molecule has 2 heteroatoms. The van der Waals surface area contributed by atoms with Crippen LogP contribution in [0.1, 0.15) is 19.8 Å². The molecule has 0 bridgehead atoms. The Labute approximate surface area is 55.4 Å². The Morgan fingerprint density at radius 3 is 2.62 bits per heavy atom. The second kappa shape index (κ2) is 2.70. The van der Waals surface area contributed by atoms with Gasteiger partial charge in [-0.1, -0.05) is 0 Å². The monoisotopic (exact) mass is 133 g/mol. The van der Waals surface area contributed by atoms with Crippen molar-refractivity contribution < 1.29 is 0 Å². The summed E-state index contributed by atoms with van der Waals surface area (Å²) in [5.74, 6) is 0. The van der Waals surface area contributed by atoms with Crippen molar-refractivity contribution in [2.45, 2.75) is 31.2 Å². The molecular formula is C6H12ClN. The molecule has 1 nitrogen and oxygen atoms in total. The molecule has 1 heterocycles. The van der Waals surface area contributed by atoms with Gasteiger partial charge in [-0.15, -0.1) is 11.6 Å². The molecule has 1 unspecified atom stereocenters. The molecule has 0 aromatic rings. The van der Waals surface area contributed by atoms with E-state index in [4.69, 9.17) is 11.6 Å². The van der Waals surface area contributed by atoms with Crippen LogP contribution in [0.25, 0.3) is 0 Å². The molecule has 0 radical (unpaired) electrons. The Hall–Kier alpha value is 0.250. The van der Waals surface area contributed by atoms with Crippen molar-refractivity contribution in [3.8, 4) is 0 Å². The Morgan fingerprint density at radius 1 is 1.50 bits per heavy atom. The number of nitrogens with one attached hydrogen (secondary N) is 1. The van der Waals surface area contributed by atoms with Crippen LogP contribution in [-0.2, 0) is 0 Å². The molecule has 1 aliphatic heterocycles. The lowest BCUT2D eigenvalue weighted by atomic mass is 10.1. The fraction of sp³-hybridized carbons (Fsp3) is 1.00. The topological polar surface area (TPSA) is 12.0 Å². The predicted molar refractivity (Wildman–Crippen MR) is 36.3 cm³/mol. The average Bonchev–Trinajstić information content (AvgIpc) is 1.77. The number of halogens is 1. The van der Waals surface area contributed by atoms with Crippen molar-refractivity contribution in [3.63, 3.8) is 0 Å². The SMILES string of the molecule is C[C@@H]1CCC(Cl)CN1. The van der Waals surface area contributed by atoms with Crippen LogP contribution in [0.2, 0.25) is 0 Å². The van der Waals surface area contributed by atoms with Crippen molar-refractivity contribution >= 4 is 11.6 Å². The zero-order chi connectivity index (χ0) is 5.98. The van der Waals surface area contributed by atoms with Crippen LogP contribution < -0.4 is 5.32 Å². The maximum atomic E-state index is 5.82. The highest BCUT2D eigenvalue weighted by Gasteiger charge is 2.13. The first-order valence-corrected chi connectivity index (χ1v) is 3.60. The van der Waals surface area contributed by atoms with E-state index in [1.807, 2.05) is 0 Å². The molecule has 0 aliphatic carbocycles. The third-order valence-corrected chi connectivity index (χ3v) is 1.97. The average molecular weight is 134 g/mol. The number of hydrogen-bond donors (Lipinski definition) is 1. The third-order valence-electron chi connectivity index (χ3n) is 1.60. The van der Waals surface area contributed by atoms with Crippen molar-refractivity contribution in [1.82, 2.24) is 5.32 Å². The maximum absolute atomic E-state index is 5.82. The summed E-state index contributed by atoms with van der Waals surface area (Å²) in [5, 5.41) is 3.68. The molecule has 0 aromatic carbocycles. The van der Waals surface area contributed by atoms with Crippen molar-refractivity contribution in [2.75, 3.05) is 6.54 Å². The van der Waals surface area contributed by atoms with Gasteiger partial charge in [0, 0.05) is 18.0 Å². The molecule has 1 rings (SSSR count). The second-order valence-corrected chi connectivity index (χ2v) is 3.10. The zero-order valence-electron chi connectivity index (χ0n) is 5.15. The lowest BCUT2D eigenvalue weighted by Crippen LogP contribution is -2.37. The van der Waals surface area contributed by atoms with Gasteiger partial charge in [-0.05, 0) is 19.8 Å². The number of piperidine rings is 1. The van der Waals surface area contributed by atoms with Crippen LogP contribution in [-0.4, -0.2) is 18.0 Å². The van der Waals surface area contributed by atoms with Crippen LogP contribution in [0.3, 0.4) is 0 Å². The Kier molecular flexibility index (Phi) is 2.15. The van der Waals surface area contributed by atoms with Crippen LogP contribution in [0.4, 0.5) is 0 Å². The first-order valence-electron chi connectivity index (χ1n) is 3.16. The lowest BCUT2D eigenvalue weighted by molar-refractivity contribution is 0.430. The van der Waals surface area contributed by atoms with Gasteiger partial charge >= 0.3 is 0 Å². The summed E-state index contributed by atoms with van der Waals surface area (Å²) < 4.78 is 0. The minimum Gasteiger partial charge on any atom is -0.313 e. The molecule has 1 aliphatic rings. The van der Waals surface area contributed by atoms with E-state index in [-0.39, 0.29) is 0 Å². The smallest absolute Gasteiger partial charge is 0.0461 e. The van der Waals surface area contributed by atoms with Gasteiger partial charge in [-0.2, -0.15) is 0 Å². The quantitative estimate of drug-likeness (QED) is 0.493. The summed E-state index contributed by atoms with van der Waals surface area (Å²) in [6, 6.07) is 0.685. The molecule has 1 fully saturated rings. The molecule has 2 atom stereocenters. The molecule has 1 saturated heterocycles. The molecule has 48 valence electrons. The first kappa shape index (κ1) is 6.37. The van der Waals surface area contributed by atoms with Gasteiger partial charge in [0.05, 0.1) is 0 Å². The first-order chi connectivity index (χ1) is 3.79. The van der Waals surface area contributed by atoms with E-state index in [1.54, 1.807) is 0 Å². The zero-order valence-corrected chi connectivity index (χ0v) is 5.91. The van der Waals surface area contributed by atoms with Crippen molar-refractivity contribution in [3.05, 3.63) is 0 Å². The molecule has 0 aromatic heterocycles. The lowest BCUT2D eigenvalue weighted by Gasteiger charge is -2.22. The largest absolute Gasteiger partial charge is 0.313 e. The van der Waals surface area contributed by atoms with Crippen LogP contribution in [0, 0.1) is 0 Å². The highest BCUT2D eigenvalue weighted by atomic mass is 35.5. The van der Waals surface area contributed by atoms with E-state index in [9.17, 15) is 0 Å². The molecule has 8 heavy (non-hydrogen) atoms. The standard InChI is InChI=1S/C6H12ClN/c1-5-2-3-6(7)4-8-5/h5-6,8H,2-4H2,1H3/t5-,6?/m1/s1. The van der Waals surface area contributed by atoms with Gasteiger partial charge in [0.1, 0.15) is 0 Å². The fourth-order valence-electron chi connectivity index (χ4n) is 0.964. The van der Waals surface area contributed by atoms with E-state index < -0.39 is 0 Å². The van der Waals surface area contributed by atoms with E-state index in [1.165, 1.54) is 12.8 Å². The van der Waals surface area contributed by atoms with Crippen LogP contribution in [0.15, 0.2) is 0 Å². The molecule has 1 N–H and O–H groups in total. The summed E-state index contributed by atoms with van der Waals surface area (Å²) in [6.07, 6.45) is 2.41. The normalized spacial score (nSPS) is 39.8. The molecule has 0 spiro atoms. The molecule has 0 saturated carbocycles. The maximum Gasteiger partial charge on any atom is 0.0461 e. The number of alkyl halides is 1. The van der Waals surface area contributed by atoms with Gasteiger partial charge in [0.25, 0.3) is 0 Å². The van der Waals surface area contributed by atoms with Crippen molar-refractivity contribution in [1.29, 1.82) is 0 Å². The van der Waals surface area contributed by atoms with E-state index >= 15 is 0 Å². The molecular weight excluding hydrogens is 122 g/mol. The summed E-state index contributed by atoms with van der Waals surface area (Å²) in [4.78, 5) is 0. The Balaban J connectivity index is 2.19. The second-order valence-electron chi connectivity index (χ2n) is 2.48. The predicted octanol–water partition coefficient (Wildman–Crippen LogP) is 1.37. The van der Waals surface area contributed by atoms with Crippen LogP contribution >= 0.6 is 11.6 Å². The number of hydrogen-bond acceptors (Lipinski definition) is 1. The summed E-state index contributed by atoms with van der Waals surface area (Å²) >= 11 is 5.82. The fourth-order valence-corrected chi connectivity index (χ4v) is 1.18. The van der Waals surface area contributed by atoms with E-state index in [0.717, 1.165) is 6.54 Å².